The molecule has 1 aliphatic rings. The number of amides is 5. The molecule has 12 heteroatoms. The molecule has 1 saturated heterocycles. The number of benzene rings is 3. The van der Waals surface area contributed by atoms with Gasteiger partial charge in [-0.15, -0.1) is 0 Å². The van der Waals surface area contributed by atoms with Gasteiger partial charge in [0.1, 0.15) is 5.57 Å². The van der Waals surface area contributed by atoms with Gasteiger partial charge in [0.25, 0.3) is 17.7 Å². The number of urea groups is 1. The number of anilines is 2. The van der Waals surface area contributed by atoms with Gasteiger partial charge in [-0.2, -0.15) is 0 Å². The summed E-state index contributed by atoms with van der Waals surface area (Å²) in [5.41, 5.74) is 0.699. The lowest BCUT2D eigenvalue weighted by molar-refractivity contribution is -0.122. The van der Waals surface area contributed by atoms with E-state index in [1.165, 1.54) is 36.4 Å². The summed E-state index contributed by atoms with van der Waals surface area (Å²) in [6.07, 6.45) is 1.26. The van der Waals surface area contributed by atoms with Gasteiger partial charge in [0.05, 0.1) is 27.4 Å². The molecular formula is C27H20Cl3N3O6. The van der Waals surface area contributed by atoms with E-state index < -0.39 is 23.8 Å². The second kappa shape index (κ2) is 12.2. The van der Waals surface area contributed by atoms with Gasteiger partial charge in [-0.1, -0.05) is 53.0 Å². The Morgan fingerprint density at radius 3 is 2.38 bits per heavy atom. The minimum Gasteiger partial charge on any atom is -0.490 e. The van der Waals surface area contributed by atoms with Crippen LogP contribution in [0, 0.1) is 0 Å². The van der Waals surface area contributed by atoms with Gasteiger partial charge >= 0.3 is 6.03 Å². The van der Waals surface area contributed by atoms with Crippen molar-refractivity contribution in [1.29, 1.82) is 0 Å². The highest BCUT2D eigenvalue weighted by molar-refractivity contribution is 6.43. The molecule has 0 bridgehead atoms. The van der Waals surface area contributed by atoms with Gasteiger partial charge < -0.3 is 14.8 Å². The molecular weight excluding hydrogens is 569 g/mol. The van der Waals surface area contributed by atoms with Crippen LogP contribution >= 0.6 is 34.8 Å². The summed E-state index contributed by atoms with van der Waals surface area (Å²) in [6.45, 7) is 1.63. The molecule has 39 heavy (non-hydrogen) atoms. The molecule has 2 N–H and O–H groups in total. The zero-order valence-electron chi connectivity index (χ0n) is 20.3. The van der Waals surface area contributed by atoms with E-state index in [1.54, 1.807) is 31.2 Å². The summed E-state index contributed by atoms with van der Waals surface area (Å²) >= 11 is 18.4. The van der Waals surface area contributed by atoms with Crippen LogP contribution in [0.3, 0.4) is 0 Å². The van der Waals surface area contributed by atoms with Crippen molar-refractivity contribution in [1.82, 2.24) is 5.32 Å². The van der Waals surface area contributed by atoms with Crippen molar-refractivity contribution in [2.45, 2.75) is 6.92 Å². The maximum Gasteiger partial charge on any atom is 0.335 e. The van der Waals surface area contributed by atoms with E-state index in [0.29, 0.717) is 11.3 Å². The van der Waals surface area contributed by atoms with Crippen molar-refractivity contribution >= 4 is 76.0 Å². The number of nitrogens with zero attached hydrogens (tertiary/aromatic N) is 1. The molecule has 4 rings (SSSR count). The number of rotatable bonds is 8. The van der Waals surface area contributed by atoms with Crippen LogP contribution in [0.4, 0.5) is 16.2 Å². The van der Waals surface area contributed by atoms with Crippen LogP contribution in [0.1, 0.15) is 12.5 Å². The van der Waals surface area contributed by atoms with Crippen LogP contribution in [-0.4, -0.2) is 37.0 Å². The molecule has 1 aliphatic heterocycles. The van der Waals surface area contributed by atoms with Crippen LogP contribution in [0.2, 0.25) is 15.1 Å². The van der Waals surface area contributed by atoms with Crippen LogP contribution in [-0.2, 0) is 14.4 Å². The van der Waals surface area contributed by atoms with E-state index in [4.69, 9.17) is 44.3 Å². The molecule has 0 unspecified atom stereocenters. The first-order valence-electron chi connectivity index (χ1n) is 11.5. The fraction of sp³-hybridized carbons (Fsp3) is 0.111. The number of hydrogen-bond acceptors (Lipinski definition) is 6. The zero-order chi connectivity index (χ0) is 28.1. The Morgan fingerprint density at radius 1 is 0.949 bits per heavy atom. The Kier molecular flexibility index (Phi) is 8.75. The molecule has 0 aromatic heterocycles. The van der Waals surface area contributed by atoms with Gasteiger partial charge in [0.15, 0.2) is 18.1 Å². The lowest BCUT2D eigenvalue weighted by Crippen LogP contribution is -2.54. The summed E-state index contributed by atoms with van der Waals surface area (Å²) in [7, 11) is 0. The van der Waals surface area contributed by atoms with E-state index >= 15 is 0 Å². The zero-order valence-corrected chi connectivity index (χ0v) is 22.6. The van der Waals surface area contributed by atoms with Crippen molar-refractivity contribution in [2.24, 2.45) is 0 Å². The summed E-state index contributed by atoms with van der Waals surface area (Å²) in [6, 6.07) is 15.0. The molecule has 0 spiro atoms. The SMILES string of the molecule is CCOc1cc(/C=C2\C(=O)NC(=O)N(c3ccc(Cl)c(Cl)c3)C2=O)cc(Cl)c1OCC(=O)Nc1ccccc1. The van der Waals surface area contributed by atoms with E-state index in [-0.39, 0.29) is 51.0 Å². The molecule has 0 radical (unpaired) electrons. The summed E-state index contributed by atoms with van der Waals surface area (Å²) in [5, 5.41) is 5.26. The highest BCUT2D eigenvalue weighted by Gasteiger charge is 2.37. The number of imide groups is 2. The Morgan fingerprint density at radius 2 is 1.69 bits per heavy atom. The number of nitrogens with one attached hydrogen (secondary N) is 2. The molecule has 1 fully saturated rings. The fourth-order valence-electron chi connectivity index (χ4n) is 3.61. The van der Waals surface area contributed by atoms with Gasteiger partial charge in [-0.25, -0.2) is 9.69 Å². The molecule has 3 aromatic carbocycles. The smallest absolute Gasteiger partial charge is 0.335 e. The van der Waals surface area contributed by atoms with Crippen molar-refractivity contribution in [2.75, 3.05) is 23.4 Å². The molecule has 5 amide bonds. The first-order valence-corrected chi connectivity index (χ1v) is 12.6. The number of carbonyl (C=O) groups is 4. The topological polar surface area (TPSA) is 114 Å². The monoisotopic (exact) mass is 587 g/mol. The average Bonchev–Trinajstić information content (AvgIpc) is 2.89. The maximum absolute atomic E-state index is 13.2. The quantitative estimate of drug-likeness (QED) is 0.257. The van der Waals surface area contributed by atoms with Crippen LogP contribution < -0.4 is 25.0 Å². The third-order valence-electron chi connectivity index (χ3n) is 5.31. The second-order valence-electron chi connectivity index (χ2n) is 8.02. The van der Waals surface area contributed by atoms with Crippen molar-refractivity contribution < 1.29 is 28.7 Å². The Bertz CT molecular complexity index is 1490. The average molecular weight is 589 g/mol. The van der Waals surface area contributed by atoms with E-state index in [1.807, 2.05) is 6.07 Å². The number of para-hydroxylation sites is 1. The lowest BCUT2D eigenvalue weighted by atomic mass is 10.1. The Balaban J connectivity index is 1.60. The van der Waals surface area contributed by atoms with Crippen molar-refractivity contribution in [3.8, 4) is 11.5 Å². The molecule has 1 heterocycles. The minimum atomic E-state index is -0.939. The lowest BCUT2D eigenvalue weighted by Gasteiger charge is -2.26. The molecule has 3 aromatic rings. The highest BCUT2D eigenvalue weighted by atomic mass is 35.5. The third kappa shape index (κ3) is 6.51. The van der Waals surface area contributed by atoms with Crippen LogP contribution in [0.25, 0.3) is 6.08 Å². The van der Waals surface area contributed by atoms with Crippen molar-refractivity contribution in [3.63, 3.8) is 0 Å². The predicted molar refractivity (Wildman–Crippen MR) is 149 cm³/mol. The van der Waals surface area contributed by atoms with Crippen molar-refractivity contribution in [3.05, 3.63) is 86.9 Å². The van der Waals surface area contributed by atoms with Gasteiger partial charge in [-0.3, -0.25) is 19.7 Å². The number of hydrogen-bond donors (Lipinski definition) is 2. The summed E-state index contributed by atoms with van der Waals surface area (Å²) in [4.78, 5) is 51.3. The first kappa shape index (κ1) is 28.0. The minimum absolute atomic E-state index is 0.0707. The fourth-order valence-corrected chi connectivity index (χ4v) is 4.18. The summed E-state index contributed by atoms with van der Waals surface area (Å²) in [5.74, 6) is -1.90. The number of carbonyl (C=O) groups excluding carboxylic acids is 4. The molecule has 200 valence electrons. The first-order chi connectivity index (χ1) is 18.7. The van der Waals surface area contributed by atoms with Gasteiger partial charge in [0, 0.05) is 5.69 Å². The summed E-state index contributed by atoms with van der Waals surface area (Å²) < 4.78 is 11.3. The Hall–Kier alpha value is -4.05. The highest BCUT2D eigenvalue weighted by Crippen LogP contribution is 2.38. The molecule has 0 aliphatic carbocycles. The predicted octanol–water partition coefficient (Wildman–Crippen LogP) is 5.73. The number of barbiturate groups is 1. The standard InChI is InChI=1S/C27H20Cl3N3O6/c1-2-38-22-12-15(11-21(30)24(22)39-14-23(34)31-16-6-4-3-5-7-16)10-18-25(35)32-27(37)33(26(18)36)17-8-9-19(28)20(29)13-17/h3-13H,2,14H2,1H3,(H,31,34)(H,32,35,37)/b18-10+. The van der Waals surface area contributed by atoms with E-state index in [0.717, 1.165) is 4.90 Å². The molecule has 9 nitrogen and oxygen atoms in total. The normalized spacial score (nSPS) is 14.3. The van der Waals surface area contributed by atoms with Crippen LogP contribution in [0.15, 0.2) is 66.2 Å². The van der Waals surface area contributed by atoms with Gasteiger partial charge in [0.2, 0.25) is 0 Å². The number of ether oxygens (including phenoxy) is 2. The second-order valence-corrected chi connectivity index (χ2v) is 9.24. The maximum atomic E-state index is 13.2. The van der Waals surface area contributed by atoms with Gasteiger partial charge in [-0.05, 0) is 61.0 Å². The van der Waals surface area contributed by atoms with E-state index in [9.17, 15) is 19.2 Å². The van der Waals surface area contributed by atoms with E-state index in [2.05, 4.69) is 10.6 Å². The largest absolute Gasteiger partial charge is 0.490 e. The van der Waals surface area contributed by atoms with Crippen LogP contribution in [0.5, 0.6) is 11.5 Å². The molecule has 0 atom stereocenters. The Labute approximate surface area is 238 Å². The third-order valence-corrected chi connectivity index (χ3v) is 6.33. The number of halogens is 3. The molecule has 0 saturated carbocycles.